The predicted octanol–water partition coefficient (Wildman–Crippen LogP) is 3.06. The van der Waals surface area contributed by atoms with E-state index in [-0.39, 0.29) is 34.8 Å². The van der Waals surface area contributed by atoms with Crippen LogP contribution in [0, 0.1) is 10.1 Å². The van der Waals surface area contributed by atoms with Crippen LogP contribution >= 0.6 is 0 Å². The molecule has 0 aliphatic carbocycles. The van der Waals surface area contributed by atoms with Crippen LogP contribution in [-0.4, -0.2) is 40.8 Å². The monoisotopic (exact) mass is 390 g/mol. The van der Waals surface area contributed by atoms with Crippen molar-refractivity contribution in [2.45, 2.75) is 33.1 Å². The number of hydrogen-bond donors (Lipinski definition) is 1. The van der Waals surface area contributed by atoms with Crippen LogP contribution in [0.4, 0.5) is 5.69 Å². The molecule has 0 saturated carbocycles. The molecule has 1 atom stereocenters. The van der Waals surface area contributed by atoms with Gasteiger partial charge in [-0.25, -0.2) is 14.7 Å². The van der Waals surface area contributed by atoms with Gasteiger partial charge < -0.3 is 9.47 Å². The molecule has 0 saturated heterocycles. The maximum Gasteiger partial charge on any atom is 0.336 e. The van der Waals surface area contributed by atoms with E-state index in [0.29, 0.717) is 12.0 Å². The summed E-state index contributed by atoms with van der Waals surface area (Å²) in [5.41, 5.74) is 0.493. The van der Waals surface area contributed by atoms with Crippen LogP contribution in [0.15, 0.2) is 46.8 Å². The van der Waals surface area contributed by atoms with Gasteiger partial charge in [0.15, 0.2) is 0 Å². The van der Waals surface area contributed by atoms with E-state index in [1.807, 2.05) is 6.92 Å². The summed E-state index contributed by atoms with van der Waals surface area (Å²) in [5, 5.41) is 22.3. The molecular weight excluding hydrogens is 368 g/mol. The Labute approximate surface area is 162 Å². The van der Waals surface area contributed by atoms with Crippen molar-refractivity contribution < 1.29 is 29.2 Å². The van der Waals surface area contributed by atoms with Gasteiger partial charge in [0, 0.05) is 12.1 Å². The molecule has 9 nitrogen and oxygen atoms in total. The van der Waals surface area contributed by atoms with Crippen molar-refractivity contribution in [1.82, 2.24) is 5.06 Å². The third-order valence-corrected chi connectivity index (χ3v) is 4.47. The van der Waals surface area contributed by atoms with Crippen molar-refractivity contribution in [3.05, 3.63) is 62.5 Å². The van der Waals surface area contributed by atoms with Gasteiger partial charge in [-0.05, 0) is 25.8 Å². The van der Waals surface area contributed by atoms with Crippen LogP contribution in [0.25, 0.3) is 0 Å². The first kappa shape index (κ1) is 21.1. The van der Waals surface area contributed by atoms with E-state index in [2.05, 4.69) is 0 Å². The normalized spacial score (nSPS) is 16.9. The lowest BCUT2D eigenvalue weighted by atomic mass is 9.80. The Kier molecular flexibility index (Phi) is 6.53. The highest BCUT2D eigenvalue weighted by molar-refractivity contribution is 5.99. The minimum Gasteiger partial charge on any atom is -0.466 e. The highest BCUT2D eigenvalue weighted by Crippen LogP contribution is 2.42. The van der Waals surface area contributed by atoms with Crippen molar-refractivity contribution in [2.24, 2.45) is 0 Å². The zero-order chi connectivity index (χ0) is 21.0. The largest absolute Gasteiger partial charge is 0.466 e. The van der Waals surface area contributed by atoms with E-state index in [1.54, 1.807) is 6.07 Å². The molecule has 1 aromatic carbocycles. The summed E-state index contributed by atoms with van der Waals surface area (Å²) >= 11 is 0. The molecule has 1 aliphatic heterocycles. The number of ether oxygens (including phenoxy) is 2. The summed E-state index contributed by atoms with van der Waals surface area (Å²) in [6.07, 6.45) is 0.584. The molecule has 150 valence electrons. The number of nitro benzene ring substituents is 1. The van der Waals surface area contributed by atoms with Crippen molar-refractivity contribution >= 4 is 17.6 Å². The third-order valence-electron chi connectivity index (χ3n) is 4.47. The van der Waals surface area contributed by atoms with Crippen LogP contribution in [0.1, 0.15) is 38.7 Å². The molecule has 0 radical (unpaired) electrons. The van der Waals surface area contributed by atoms with Crippen LogP contribution in [-0.2, 0) is 19.1 Å². The molecule has 0 amide bonds. The quantitative estimate of drug-likeness (QED) is 0.447. The highest BCUT2D eigenvalue weighted by atomic mass is 16.6. The Bertz CT molecular complexity index is 873. The number of esters is 2. The van der Waals surface area contributed by atoms with E-state index in [0.717, 1.165) is 5.06 Å². The molecule has 1 heterocycles. The van der Waals surface area contributed by atoms with E-state index >= 15 is 0 Å². The lowest BCUT2D eigenvalue weighted by Gasteiger charge is -2.34. The average molecular weight is 390 g/mol. The Hall–Kier alpha value is -3.20. The summed E-state index contributed by atoms with van der Waals surface area (Å²) in [5.74, 6) is -2.47. The minimum atomic E-state index is -0.986. The van der Waals surface area contributed by atoms with Gasteiger partial charge in [-0.1, -0.05) is 19.1 Å². The molecule has 0 bridgehead atoms. The molecule has 1 unspecified atom stereocenters. The van der Waals surface area contributed by atoms with Crippen molar-refractivity contribution in [3.8, 4) is 0 Å². The number of allylic oxidation sites excluding steroid dienone is 2. The van der Waals surface area contributed by atoms with Gasteiger partial charge in [0.05, 0.1) is 47.1 Å². The number of rotatable bonds is 6. The fourth-order valence-electron chi connectivity index (χ4n) is 3.11. The topological polar surface area (TPSA) is 119 Å². The average Bonchev–Trinajstić information content (AvgIpc) is 2.69. The molecule has 1 aromatic rings. The number of carbonyl (C=O) groups is 2. The molecule has 28 heavy (non-hydrogen) atoms. The molecular formula is C19H22N2O7. The Morgan fingerprint density at radius 3 is 2.36 bits per heavy atom. The number of nitrogens with zero attached hydrogens (tertiary/aromatic N) is 2. The number of hydroxylamine groups is 2. The zero-order valence-electron chi connectivity index (χ0n) is 16.1. The van der Waals surface area contributed by atoms with E-state index in [1.165, 1.54) is 39.2 Å². The molecule has 2 rings (SSSR count). The number of non-ortho nitro benzene ring substituents is 1. The lowest BCUT2D eigenvalue weighted by molar-refractivity contribution is -0.384. The van der Waals surface area contributed by atoms with E-state index < -0.39 is 22.8 Å². The Morgan fingerprint density at radius 2 is 1.82 bits per heavy atom. The smallest absolute Gasteiger partial charge is 0.336 e. The Balaban J connectivity index is 2.73. The van der Waals surface area contributed by atoms with Crippen LogP contribution < -0.4 is 0 Å². The number of carbonyl (C=O) groups excluding carboxylic acids is 2. The molecule has 1 N–H and O–H groups in total. The molecule has 0 aromatic heterocycles. The number of benzene rings is 1. The van der Waals surface area contributed by atoms with Gasteiger partial charge in [-0.3, -0.25) is 15.3 Å². The number of methoxy groups -OCH3 is 1. The predicted molar refractivity (Wildman–Crippen MR) is 98.1 cm³/mol. The summed E-state index contributed by atoms with van der Waals surface area (Å²) < 4.78 is 10.1. The van der Waals surface area contributed by atoms with Gasteiger partial charge >= 0.3 is 11.9 Å². The van der Waals surface area contributed by atoms with E-state index in [4.69, 9.17) is 9.47 Å². The first-order valence-corrected chi connectivity index (χ1v) is 8.64. The molecule has 0 fully saturated rings. The van der Waals surface area contributed by atoms with Gasteiger partial charge in [0.25, 0.3) is 5.69 Å². The summed E-state index contributed by atoms with van der Waals surface area (Å²) in [7, 11) is 1.18. The Morgan fingerprint density at radius 1 is 1.21 bits per heavy atom. The summed E-state index contributed by atoms with van der Waals surface area (Å²) in [6.45, 7) is 4.98. The second-order valence-electron chi connectivity index (χ2n) is 6.22. The lowest BCUT2D eigenvalue weighted by Crippen LogP contribution is -2.33. The van der Waals surface area contributed by atoms with Crippen molar-refractivity contribution in [1.29, 1.82) is 0 Å². The molecule has 9 heteroatoms. The second-order valence-corrected chi connectivity index (χ2v) is 6.22. The SMILES string of the molecule is CCCOC(=O)C1=C(C)N(O)C(C)=C(C(=O)OC)C1c1cccc([N+](=O)[O-])c1. The maximum absolute atomic E-state index is 12.8. The van der Waals surface area contributed by atoms with E-state index in [9.17, 15) is 24.9 Å². The van der Waals surface area contributed by atoms with Crippen LogP contribution in [0.2, 0.25) is 0 Å². The first-order chi connectivity index (χ1) is 13.2. The van der Waals surface area contributed by atoms with Crippen molar-refractivity contribution in [2.75, 3.05) is 13.7 Å². The standard InChI is InChI=1S/C19H22N2O7/c1-5-9-28-19(23)16-12(3)20(24)11(2)15(18(22)27-4)17(16)13-7-6-8-14(10-13)21(25)26/h6-8,10,17,24H,5,9H2,1-4H3. The summed E-state index contributed by atoms with van der Waals surface area (Å²) in [6, 6.07) is 5.63. The maximum atomic E-state index is 12.8. The van der Waals surface area contributed by atoms with Crippen LogP contribution in [0.3, 0.4) is 0 Å². The second kappa shape index (κ2) is 8.66. The minimum absolute atomic E-state index is 0.000420. The number of nitro groups is 1. The van der Waals surface area contributed by atoms with Gasteiger partial charge in [0.1, 0.15) is 0 Å². The third kappa shape index (κ3) is 3.89. The number of hydrogen-bond acceptors (Lipinski definition) is 8. The van der Waals surface area contributed by atoms with Gasteiger partial charge in [-0.2, -0.15) is 0 Å². The zero-order valence-corrected chi connectivity index (χ0v) is 16.1. The van der Waals surface area contributed by atoms with Gasteiger partial charge in [-0.15, -0.1) is 0 Å². The molecule has 0 spiro atoms. The molecule has 1 aliphatic rings. The first-order valence-electron chi connectivity index (χ1n) is 8.64. The fourth-order valence-corrected chi connectivity index (χ4v) is 3.11. The van der Waals surface area contributed by atoms with Gasteiger partial charge in [0.2, 0.25) is 0 Å². The van der Waals surface area contributed by atoms with Crippen molar-refractivity contribution in [3.63, 3.8) is 0 Å². The highest BCUT2D eigenvalue weighted by Gasteiger charge is 2.40. The fraction of sp³-hybridized carbons (Fsp3) is 0.368. The summed E-state index contributed by atoms with van der Waals surface area (Å²) in [4.78, 5) is 35.9. The van der Waals surface area contributed by atoms with Crippen LogP contribution in [0.5, 0.6) is 0 Å².